The molecule has 0 saturated carbocycles. The molecule has 1 aromatic heterocycles. The molecule has 2 rings (SSSR count). The first kappa shape index (κ1) is 20.4. The standard InChI is InChI=1S/C16H27N5O4Si/c1-10-8-21(15(23)18-14(10)22)13-7-11(19-20-17)12(25-13)9-24-26(5,6)16(2,3)4/h8,11-13H,7,9H2,1-6H3,(H,18,22,23)/t11-,12+,13+/m1/s1. The van der Waals surface area contributed by atoms with E-state index >= 15 is 0 Å². The van der Waals surface area contributed by atoms with Crippen LogP contribution in [0.1, 0.15) is 39.0 Å². The Morgan fingerprint density at radius 3 is 2.69 bits per heavy atom. The van der Waals surface area contributed by atoms with Gasteiger partial charge in [0, 0.05) is 23.1 Å². The highest BCUT2D eigenvalue weighted by Gasteiger charge is 2.41. The molecule has 0 amide bonds. The minimum absolute atomic E-state index is 0.0476. The highest BCUT2D eigenvalue weighted by atomic mass is 28.4. The molecule has 1 N–H and O–H groups in total. The third kappa shape index (κ3) is 4.26. The molecule has 2 heterocycles. The van der Waals surface area contributed by atoms with Crippen LogP contribution in [0.4, 0.5) is 0 Å². The molecule has 0 aromatic carbocycles. The molecule has 1 saturated heterocycles. The van der Waals surface area contributed by atoms with Crippen LogP contribution in [-0.4, -0.2) is 36.6 Å². The molecule has 1 fully saturated rings. The molecule has 0 bridgehead atoms. The summed E-state index contributed by atoms with van der Waals surface area (Å²) >= 11 is 0. The van der Waals surface area contributed by atoms with Gasteiger partial charge in [-0.2, -0.15) is 0 Å². The fourth-order valence-electron chi connectivity index (χ4n) is 2.53. The van der Waals surface area contributed by atoms with E-state index in [1.54, 1.807) is 6.92 Å². The molecule has 1 aliphatic rings. The van der Waals surface area contributed by atoms with Crippen LogP contribution in [0.15, 0.2) is 20.9 Å². The second-order valence-corrected chi connectivity index (χ2v) is 13.0. The normalized spacial score (nSPS) is 23.7. The number of azide groups is 1. The Bertz CT molecular complexity index is 819. The first-order chi connectivity index (χ1) is 12.0. The van der Waals surface area contributed by atoms with Crippen molar-refractivity contribution in [2.24, 2.45) is 5.11 Å². The fourth-order valence-corrected chi connectivity index (χ4v) is 3.54. The van der Waals surface area contributed by atoms with Gasteiger partial charge in [-0.05, 0) is 30.6 Å². The highest BCUT2D eigenvalue weighted by molar-refractivity contribution is 6.74. The van der Waals surface area contributed by atoms with E-state index in [4.69, 9.17) is 14.7 Å². The maximum absolute atomic E-state index is 12.1. The lowest BCUT2D eigenvalue weighted by atomic mass is 10.1. The zero-order valence-electron chi connectivity index (χ0n) is 16.1. The van der Waals surface area contributed by atoms with Gasteiger partial charge >= 0.3 is 5.69 Å². The largest absolute Gasteiger partial charge is 0.414 e. The first-order valence-corrected chi connectivity index (χ1v) is 11.5. The minimum Gasteiger partial charge on any atom is -0.414 e. The van der Waals surface area contributed by atoms with Crippen molar-refractivity contribution in [3.05, 3.63) is 43.0 Å². The van der Waals surface area contributed by atoms with E-state index in [9.17, 15) is 9.59 Å². The molecule has 1 aromatic rings. The average molecular weight is 382 g/mol. The summed E-state index contributed by atoms with van der Waals surface area (Å²) in [6.45, 7) is 12.6. The molecule has 0 aliphatic carbocycles. The monoisotopic (exact) mass is 381 g/mol. The van der Waals surface area contributed by atoms with E-state index in [-0.39, 0.29) is 5.04 Å². The van der Waals surface area contributed by atoms with Crippen LogP contribution in [0.5, 0.6) is 0 Å². The number of rotatable bonds is 5. The van der Waals surface area contributed by atoms with Crippen molar-refractivity contribution in [3.63, 3.8) is 0 Å². The van der Waals surface area contributed by atoms with E-state index in [0.29, 0.717) is 18.6 Å². The SMILES string of the molecule is Cc1cn([C@@H]2C[C@@H](N=[N+]=[N-])[C@H](CO[Si](C)(C)C(C)(C)C)O2)c(=O)[nH]c1=O. The summed E-state index contributed by atoms with van der Waals surface area (Å²) in [6.07, 6.45) is 0.766. The van der Waals surface area contributed by atoms with Crippen LogP contribution in [0.2, 0.25) is 18.1 Å². The summed E-state index contributed by atoms with van der Waals surface area (Å²) in [4.78, 5) is 28.8. The molecule has 1 aliphatic heterocycles. The predicted octanol–water partition coefficient (Wildman–Crippen LogP) is 2.83. The third-order valence-electron chi connectivity index (χ3n) is 5.27. The van der Waals surface area contributed by atoms with Crippen molar-refractivity contribution in [2.75, 3.05) is 6.61 Å². The zero-order valence-corrected chi connectivity index (χ0v) is 17.1. The zero-order chi connectivity index (χ0) is 19.7. The number of aromatic amines is 1. The summed E-state index contributed by atoms with van der Waals surface area (Å²) in [5, 5.41) is 3.86. The molecule has 0 unspecified atom stereocenters. The lowest BCUT2D eigenvalue weighted by Gasteiger charge is -2.37. The maximum Gasteiger partial charge on any atom is 0.330 e. The van der Waals surface area contributed by atoms with Gasteiger partial charge in [-0.15, -0.1) is 0 Å². The molecule has 3 atom stereocenters. The second kappa shape index (κ2) is 7.40. The molecular weight excluding hydrogens is 354 g/mol. The highest BCUT2D eigenvalue weighted by Crippen LogP contribution is 2.38. The summed E-state index contributed by atoms with van der Waals surface area (Å²) in [5.41, 5.74) is 8.29. The predicted molar refractivity (Wildman–Crippen MR) is 101 cm³/mol. The van der Waals surface area contributed by atoms with E-state index in [2.05, 4.69) is 48.9 Å². The quantitative estimate of drug-likeness (QED) is 0.364. The summed E-state index contributed by atoms with van der Waals surface area (Å²) in [6, 6.07) is -0.436. The summed E-state index contributed by atoms with van der Waals surface area (Å²) in [5.74, 6) is 0. The van der Waals surface area contributed by atoms with Crippen LogP contribution in [0.25, 0.3) is 10.4 Å². The lowest BCUT2D eigenvalue weighted by molar-refractivity contribution is -0.0246. The van der Waals surface area contributed by atoms with Gasteiger partial charge in [0.2, 0.25) is 0 Å². The fraction of sp³-hybridized carbons (Fsp3) is 0.750. The van der Waals surface area contributed by atoms with Crippen molar-refractivity contribution in [1.82, 2.24) is 9.55 Å². The number of aryl methyl sites for hydroxylation is 1. The van der Waals surface area contributed by atoms with Crippen LogP contribution in [-0.2, 0) is 9.16 Å². The molecule has 0 radical (unpaired) electrons. The summed E-state index contributed by atoms with van der Waals surface area (Å²) in [7, 11) is -1.98. The minimum atomic E-state index is -1.98. The number of aromatic nitrogens is 2. The van der Waals surface area contributed by atoms with Gasteiger partial charge in [-0.25, -0.2) is 4.79 Å². The number of hydrogen-bond acceptors (Lipinski definition) is 5. The van der Waals surface area contributed by atoms with Gasteiger partial charge in [0.1, 0.15) is 6.23 Å². The maximum atomic E-state index is 12.1. The van der Waals surface area contributed by atoms with E-state index < -0.39 is 37.9 Å². The lowest BCUT2D eigenvalue weighted by Crippen LogP contribution is -2.43. The van der Waals surface area contributed by atoms with Crippen molar-refractivity contribution in [2.45, 2.75) is 70.6 Å². The Hall–Kier alpha value is -1.87. The van der Waals surface area contributed by atoms with Gasteiger partial charge in [-0.1, -0.05) is 25.9 Å². The topological polar surface area (TPSA) is 122 Å². The number of nitrogens with one attached hydrogen (secondary N) is 1. The Labute approximate surface area is 153 Å². The Balaban J connectivity index is 2.21. The van der Waals surface area contributed by atoms with Crippen molar-refractivity contribution in [1.29, 1.82) is 0 Å². The second-order valence-electron chi connectivity index (χ2n) is 8.19. The van der Waals surface area contributed by atoms with Crippen molar-refractivity contribution < 1.29 is 9.16 Å². The number of H-pyrrole nitrogens is 1. The van der Waals surface area contributed by atoms with Crippen LogP contribution >= 0.6 is 0 Å². The summed E-state index contributed by atoms with van der Waals surface area (Å²) < 4.78 is 13.5. The molecule has 10 heteroatoms. The van der Waals surface area contributed by atoms with E-state index in [0.717, 1.165) is 0 Å². The Kier molecular flexibility index (Phi) is 5.81. The molecular formula is C16H27N5O4Si. The third-order valence-corrected chi connectivity index (χ3v) is 9.78. The first-order valence-electron chi connectivity index (χ1n) is 8.62. The van der Waals surface area contributed by atoms with Crippen LogP contribution in [0.3, 0.4) is 0 Å². The Morgan fingerprint density at radius 1 is 1.46 bits per heavy atom. The number of nitrogens with zero attached hydrogens (tertiary/aromatic N) is 4. The van der Waals surface area contributed by atoms with Gasteiger partial charge in [0.15, 0.2) is 8.32 Å². The number of hydrogen-bond donors (Lipinski definition) is 1. The van der Waals surface area contributed by atoms with Crippen molar-refractivity contribution >= 4 is 8.32 Å². The van der Waals surface area contributed by atoms with E-state index in [1.807, 2.05) is 0 Å². The van der Waals surface area contributed by atoms with Crippen LogP contribution in [0, 0.1) is 6.92 Å². The van der Waals surface area contributed by atoms with Gasteiger partial charge in [0.25, 0.3) is 5.56 Å². The van der Waals surface area contributed by atoms with Gasteiger partial charge in [0.05, 0.1) is 18.8 Å². The molecule has 0 spiro atoms. The molecule has 144 valence electrons. The Morgan fingerprint density at radius 2 is 2.12 bits per heavy atom. The molecule has 9 nitrogen and oxygen atoms in total. The number of ether oxygens (including phenoxy) is 1. The van der Waals surface area contributed by atoms with Gasteiger partial charge in [-0.3, -0.25) is 14.3 Å². The average Bonchev–Trinajstić information content (AvgIpc) is 2.91. The van der Waals surface area contributed by atoms with E-state index in [1.165, 1.54) is 10.8 Å². The smallest absolute Gasteiger partial charge is 0.330 e. The van der Waals surface area contributed by atoms with Gasteiger partial charge < -0.3 is 9.16 Å². The molecule has 26 heavy (non-hydrogen) atoms. The van der Waals surface area contributed by atoms with Crippen LogP contribution < -0.4 is 11.2 Å². The van der Waals surface area contributed by atoms with Crippen molar-refractivity contribution in [3.8, 4) is 0 Å².